The third-order valence-electron chi connectivity index (χ3n) is 3.34. The number of hydrogen-bond acceptors (Lipinski definition) is 1. The molecule has 1 nitrogen and oxygen atoms in total. The normalized spacial score (nSPS) is 14.5. The van der Waals surface area contributed by atoms with Gasteiger partial charge in [-0.05, 0) is 54.2 Å². The van der Waals surface area contributed by atoms with Crippen molar-refractivity contribution in [3.63, 3.8) is 0 Å². The molecule has 0 amide bonds. The maximum Gasteiger partial charge on any atom is 0.0407 e. The Morgan fingerprint density at radius 3 is 2.56 bits per heavy atom. The van der Waals surface area contributed by atoms with Crippen LogP contribution < -0.4 is 5.32 Å². The van der Waals surface area contributed by atoms with Gasteiger partial charge in [0.05, 0.1) is 0 Å². The highest BCUT2D eigenvalue weighted by molar-refractivity contribution is 6.30. The van der Waals surface area contributed by atoms with Gasteiger partial charge in [0.1, 0.15) is 0 Å². The summed E-state index contributed by atoms with van der Waals surface area (Å²) in [6.45, 7) is 0.863. The highest BCUT2D eigenvalue weighted by atomic mass is 35.5. The van der Waals surface area contributed by atoms with Crippen LogP contribution in [0.25, 0.3) is 0 Å². The van der Waals surface area contributed by atoms with Crippen molar-refractivity contribution < 1.29 is 0 Å². The fourth-order valence-corrected chi connectivity index (χ4v) is 2.27. The van der Waals surface area contributed by atoms with Crippen LogP contribution in [0.2, 0.25) is 5.02 Å². The second-order valence-electron chi connectivity index (χ2n) is 4.88. The molecule has 0 heterocycles. The zero-order valence-electron chi connectivity index (χ0n) is 10.2. The molecule has 0 aliphatic heterocycles. The van der Waals surface area contributed by atoms with Gasteiger partial charge in [-0.2, -0.15) is 0 Å². The van der Waals surface area contributed by atoms with Crippen LogP contribution in [0.1, 0.15) is 29.9 Å². The third kappa shape index (κ3) is 2.85. The summed E-state index contributed by atoms with van der Waals surface area (Å²) in [6.07, 6.45) is 2.71. The van der Waals surface area contributed by atoms with Gasteiger partial charge in [0.2, 0.25) is 0 Å². The zero-order valence-corrected chi connectivity index (χ0v) is 11.0. The topological polar surface area (TPSA) is 12.0 Å². The molecule has 1 fully saturated rings. The molecule has 0 unspecified atom stereocenters. The Kier molecular flexibility index (Phi) is 3.24. The molecule has 2 heteroatoms. The van der Waals surface area contributed by atoms with Gasteiger partial charge in [0.25, 0.3) is 0 Å². The van der Waals surface area contributed by atoms with Gasteiger partial charge < -0.3 is 5.32 Å². The number of anilines is 1. The van der Waals surface area contributed by atoms with E-state index in [2.05, 4.69) is 29.6 Å². The maximum atomic E-state index is 5.86. The first kappa shape index (κ1) is 11.6. The minimum absolute atomic E-state index is 0.774. The van der Waals surface area contributed by atoms with E-state index in [1.807, 2.05) is 24.3 Å². The van der Waals surface area contributed by atoms with Crippen LogP contribution >= 0.6 is 11.6 Å². The van der Waals surface area contributed by atoms with E-state index in [0.29, 0.717) is 0 Å². The van der Waals surface area contributed by atoms with Crippen molar-refractivity contribution in [3.8, 4) is 0 Å². The summed E-state index contributed by atoms with van der Waals surface area (Å²) in [5.74, 6) is 0.820. The highest BCUT2D eigenvalue weighted by Gasteiger charge is 2.23. The second kappa shape index (κ2) is 5.03. The van der Waals surface area contributed by atoms with E-state index in [1.54, 1.807) is 0 Å². The molecule has 18 heavy (non-hydrogen) atoms. The minimum Gasteiger partial charge on any atom is -0.381 e. The number of nitrogens with one attached hydrogen (secondary N) is 1. The Bertz CT molecular complexity index is 529. The molecule has 92 valence electrons. The smallest absolute Gasteiger partial charge is 0.0407 e. The molecule has 0 spiro atoms. The van der Waals surface area contributed by atoms with E-state index in [4.69, 9.17) is 11.6 Å². The summed E-state index contributed by atoms with van der Waals surface area (Å²) in [7, 11) is 0. The van der Waals surface area contributed by atoms with Crippen LogP contribution in [-0.4, -0.2) is 0 Å². The fourth-order valence-electron chi connectivity index (χ4n) is 2.15. The van der Waals surface area contributed by atoms with Gasteiger partial charge >= 0.3 is 0 Å². The predicted octanol–water partition coefficient (Wildman–Crippen LogP) is 4.83. The van der Waals surface area contributed by atoms with Crippen LogP contribution in [0, 0.1) is 0 Å². The number of benzene rings is 2. The first-order valence-corrected chi connectivity index (χ1v) is 6.77. The summed E-state index contributed by atoms with van der Waals surface area (Å²) in [5.41, 5.74) is 3.94. The quantitative estimate of drug-likeness (QED) is 0.827. The van der Waals surface area contributed by atoms with Crippen molar-refractivity contribution >= 4 is 17.3 Å². The van der Waals surface area contributed by atoms with Crippen LogP contribution in [0.4, 0.5) is 5.69 Å². The van der Waals surface area contributed by atoms with Crippen molar-refractivity contribution in [1.29, 1.82) is 0 Å². The number of rotatable bonds is 4. The van der Waals surface area contributed by atoms with E-state index < -0.39 is 0 Å². The standard InChI is InChI=1S/C16H16ClN/c17-15-6-8-16(9-7-15)18-11-12-2-1-3-14(10-12)13-4-5-13/h1-3,6-10,13,18H,4-5,11H2. The average Bonchev–Trinajstić information content (AvgIpc) is 3.23. The maximum absolute atomic E-state index is 5.86. The Hall–Kier alpha value is -1.47. The van der Waals surface area contributed by atoms with E-state index in [-0.39, 0.29) is 0 Å². The molecule has 3 rings (SSSR count). The lowest BCUT2D eigenvalue weighted by Crippen LogP contribution is -1.99. The lowest BCUT2D eigenvalue weighted by atomic mass is 10.1. The largest absolute Gasteiger partial charge is 0.381 e. The summed E-state index contributed by atoms with van der Waals surface area (Å²) in [6, 6.07) is 16.7. The van der Waals surface area contributed by atoms with Crippen LogP contribution in [0.3, 0.4) is 0 Å². The average molecular weight is 258 g/mol. The third-order valence-corrected chi connectivity index (χ3v) is 3.59. The van der Waals surface area contributed by atoms with Gasteiger partial charge in [-0.3, -0.25) is 0 Å². The van der Waals surface area contributed by atoms with Crippen LogP contribution in [0.5, 0.6) is 0 Å². The molecule has 0 saturated heterocycles. The second-order valence-corrected chi connectivity index (χ2v) is 5.32. The first-order valence-electron chi connectivity index (χ1n) is 6.39. The van der Waals surface area contributed by atoms with Gasteiger partial charge in [0, 0.05) is 17.3 Å². The molecule has 0 bridgehead atoms. The number of halogens is 1. The van der Waals surface area contributed by atoms with Crippen molar-refractivity contribution in [2.24, 2.45) is 0 Å². The predicted molar refractivity (Wildman–Crippen MR) is 77.2 cm³/mol. The molecule has 1 N–H and O–H groups in total. The van der Waals surface area contributed by atoms with E-state index >= 15 is 0 Å². The Labute approximate surface area is 113 Å². The van der Waals surface area contributed by atoms with Gasteiger partial charge in [-0.15, -0.1) is 0 Å². The van der Waals surface area contributed by atoms with Crippen LogP contribution in [0.15, 0.2) is 48.5 Å². The van der Waals surface area contributed by atoms with Crippen molar-refractivity contribution in [1.82, 2.24) is 0 Å². The van der Waals surface area contributed by atoms with E-state index in [9.17, 15) is 0 Å². The molecule has 2 aromatic carbocycles. The molecule has 1 saturated carbocycles. The molecular formula is C16H16ClN. The Balaban J connectivity index is 1.65. The van der Waals surface area contributed by atoms with E-state index in [1.165, 1.54) is 24.0 Å². The molecular weight excluding hydrogens is 242 g/mol. The number of hydrogen-bond donors (Lipinski definition) is 1. The van der Waals surface area contributed by atoms with Crippen LogP contribution in [-0.2, 0) is 6.54 Å². The molecule has 0 radical (unpaired) electrons. The summed E-state index contributed by atoms with van der Waals surface area (Å²) in [4.78, 5) is 0. The molecule has 0 atom stereocenters. The summed E-state index contributed by atoms with van der Waals surface area (Å²) in [5, 5.41) is 4.19. The molecule has 1 aliphatic rings. The zero-order chi connectivity index (χ0) is 12.4. The van der Waals surface area contributed by atoms with Crippen molar-refractivity contribution in [2.45, 2.75) is 25.3 Å². The minimum atomic E-state index is 0.774. The fraction of sp³-hybridized carbons (Fsp3) is 0.250. The van der Waals surface area contributed by atoms with Crippen molar-refractivity contribution in [3.05, 3.63) is 64.7 Å². The monoisotopic (exact) mass is 257 g/mol. The van der Waals surface area contributed by atoms with E-state index in [0.717, 1.165) is 23.2 Å². The lowest BCUT2D eigenvalue weighted by molar-refractivity contribution is 1.09. The van der Waals surface area contributed by atoms with Gasteiger partial charge in [0.15, 0.2) is 0 Å². The Morgan fingerprint density at radius 2 is 1.83 bits per heavy atom. The van der Waals surface area contributed by atoms with Gasteiger partial charge in [-0.1, -0.05) is 35.9 Å². The first-order chi connectivity index (χ1) is 8.81. The molecule has 0 aromatic heterocycles. The summed E-state index contributed by atoms with van der Waals surface area (Å²) < 4.78 is 0. The van der Waals surface area contributed by atoms with Crippen molar-refractivity contribution in [2.75, 3.05) is 5.32 Å². The SMILES string of the molecule is Clc1ccc(NCc2cccc(C3CC3)c2)cc1. The van der Waals surface area contributed by atoms with Gasteiger partial charge in [-0.25, -0.2) is 0 Å². The molecule has 1 aliphatic carbocycles. The summed E-state index contributed by atoms with van der Waals surface area (Å²) >= 11 is 5.86. The molecule has 2 aromatic rings. The lowest BCUT2D eigenvalue weighted by Gasteiger charge is -2.08. The Morgan fingerprint density at radius 1 is 1.06 bits per heavy atom. The highest BCUT2D eigenvalue weighted by Crippen LogP contribution is 2.40.